The third-order valence-electron chi connectivity index (χ3n) is 2.34. The zero-order valence-corrected chi connectivity index (χ0v) is 10.7. The number of methoxy groups -OCH3 is 1. The van der Waals surface area contributed by atoms with Crippen LogP contribution in [0.15, 0.2) is 0 Å². The second kappa shape index (κ2) is 9.57. The Morgan fingerprint density at radius 2 is 2.19 bits per heavy atom. The van der Waals surface area contributed by atoms with Crippen LogP contribution in [0.2, 0.25) is 0 Å². The number of rotatable bonds is 9. The summed E-state index contributed by atoms with van der Waals surface area (Å²) < 4.78 is 4.90. The molecular formula is C11H25N3O2. The molecule has 0 aliphatic rings. The van der Waals surface area contributed by atoms with Crippen molar-refractivity contribution in [3.8, 4) is 0 Å². The highest BCUT2D eigenvalue weighted by molar-refractivity contribution is 5.78. The molecule has 96 valence electrons. The lowest BCUT2D eigenvalue weighted by molar-refractivity contribution is -0.122. The summed E-state index contributed by atoms with van der Waals surface area (Å²) in [6.07, 6.45) is 0.848. The molecule has 0 heterocycles. The van der Waals surface area contributed by atoms with E-state index in [1.807, 2.05) is 0 Å². The predicted molar refractivity (Wildman–Crippen MR) is 65.3 cm³/mol. The summed E-state index contributed by atoms with van der Waals surface area (Å²) in [5.41, 5.74) is 5.49. The van der Waals surface area contributed by atoms with E-state index in [1.165, 1.54) is 0 Å². The molecule has 3 N–H and O–H groups in total. The standard InChI is InChI=1S/C11H25N3O2/c1-10(2)14(7-5-12)9-11(15)13-6-4-8-16-3/h10H,4-9,12H2,1-3H3,(H,13,15). The highest BCUT2D eigenvalue weighted by Crippen LogP contribution is 1.95. The van der Waals surface area contributed by atoms with Crippen LogP contribution in [0.4, 0.5) is 0 Å². The Balaban J connectivity index is 3.73. The van der Waals surface area contributed by atoms with Crippen LogP contribution in [0.3, 0.4) is 0 Å². The minimum absolute atomic E-state index is 0.0539. The molecule has 0 unspecified atom stereocenters. The van der Waals surface area contributed by atoms with Gasteiger partial charge in [-0.3, -0.25) is 9.69 Å². The van der Waals surface area contributed by atoms with Gasteiger partial charge in [0.1, 0.15) is 0 Å². The Morgan fingerprint density at radius 3 is 2.69 bits per heavy atom. The summed E-state index contributed by atoms with van der Waals surface area (Å²) in [6, 6.07) is 0.341. The molecule has 0 atom stereocenters. The molecule has 16 heavy (non-hydrogen) atoms. The second-order valence-electron chi connectivity index (χ2n) is 4.05. The van der Waals surface area contributed by atoms with Crippen LogP contribution in [0, 0.1) is 0 Å². The summed E-state index contributed by atoms with van der Waals surface area (Å²) >= 11 is 0. The minimum Gasteiger partial charge on any atom is -0.385 e. The molecule has 5 heteroatoms. The van der Waals surface area contributed by atoms with Crippen molar-refractivity contribution in [2.75, 3.05) is 39.9 Å². The lowest BCUT2D eigenvalue weighted by Crippen LogP contribution is -2.43. The highest BCUT2D eigenvalue weighted by Gasteiger charge is 2.12. The molecule has 0 bridgehead atoms. The van der Waals surface area contributed by atoms with Gasteiger partial charge in [0.2, 0.25) is 5.91 Å². The van der Waals surface area contributed by atoms with Crippen LogP contribution < -0.4 is 11.1 Å². The Hall–Kier alpha value is -0.650. The van der Waals surface area contributed by atoms with Gasteiger partial charge >= 0.3 is 0 Å². The topological polar surface area (TPSA) is 67.6 Å². The molecule has 0 aromatic carbocycles. The van der Waals surface area contributed by atoms with Crippen LogP contribution in [0.25, 0.3) is 0 Å². The third-order valence-corrected chi connectivity index (χ3v) is 2.34. The van der Waals surface area contributed by atoms with Crippen LogP contribution in [0.5, 0.6) is 0 Å². The average molecular weight is 231 g/mol. The molecule has 0 aliphatic heterocycles. The molecule has 1 amide bonds. The van der Waals surface area contributed by atoms with E-state index in [-0.39, 0.29) is 5.91 Å². The molecule has 0 rings (SSSR count). The molecule has 5 nitrogen and oxygen atoms in total. The third kappa shape index (κ3) is 7.62. The lowest BCUT2D eigenvalue weighted by Gasteiger charge is -2.24. The fourth-order valence-electron chi connectivity index (χ4n) is 1.37. The Morgan fingerprint density at radius 1 is 1.50 bits per heavy atom. The van der Waals surface area contributed by atoms with Gasteiger partial charge in [-0.25, -0.2) is 0 Å². The van der Waals surface area contributed by atoms with Gasteiger partial charge in [0.05, 0.1) is 6.54 Å². The van der Waals surface area contributed by atoms with Crippen LogP contribution >= 0.6 is 0 Å². The molecular weight excluding hydrogens is 206 g/mol. The number of nitrogens with one attached hydrogen (secondary N) is 1. The molecule has 0 fully saturated rings. The number of carbonyl (C=O) groups excluding carboxylic acids is 1. The normalized spacial score (nSPS) is 11.1. The number of nitrogens with two attached hydrogens (primary N) is 1. The molecule has 0 spiro atoms. The van der Waals surface area contributed by atoms with Crippen molar-refractivity contribution in [3.05, 3.63) is 0 Å². The van der Waals surface area contributed by atoms with Crippen molar-refractivity contribution >= 4 is 5.91 Å². The molecule has 0 aliphatic carbocycles. The summed E-state index contributed by atoms with van der Waals surface area (Å²) in [7, 11) is 1.66. The SMILES string of the molecule is COCCCNC(=O)CN(CCN)C(C)C. The van der Waals surface area contributed by atoms with Crippen molar-refractivity contribution < 1.29 is 9.53 Å². The number of ether oxygens (including phenoxy) is 1. The van der Waals surface area contributed by atoms with Gasteiger partial charge in [-0.15, -0.1) is 0 Å². The summed E-state index contributed by atoms with van der Waals surface area (Å²) in [4.78, 5) is 13.6. The number of hydrogen-bond acceptors (Lipinski definition) is 4. The Kier molecular flexibility index (Phi) is 9.18. The van der Waals surface area contributed by atoms with E-state index >= 15 is 0 Å². The van der Waals surface area contributed by atoms with Gasteiger partial charge in [0, 0.05) is 39.4 Å². The first-order valence-electron chi connectivity index (χ1n) is 5.81. The predicted octanol–water partition coefficient (Wildman–Crippen LogP) is -0.192. The number of hydrogen-bond donors (Lipinski definition) is 2. The zero-order valence-electron chi connectivity index (χ0n) is 10.7. The fourth-order valence-corrected chi connectivity index (χ4v) is 1.37. The zero-order chi connectivity index (χ0) is 12.4. The Labute approximate surface area is 98.3 Å². The molecule has 0 aromatic rings. The van der Waals surface area contributed by atoms with E-state index in [9.17, 15) is 4.79 Å². The minimum atomic E-state index is 0.0539. The van der Waals surface area contributed by atoms with E-state index in [2.05, 4.69) is 24.1 Å². The summed E-state index contributed by atoms with van der Waals surface area (Å²) in [6.45, 7) is 7.22. The molecule has 0 aromatic heterocycles. The van der Waals surface area contributed by atoms with Crippen molar-refractivity contribution in [1.29, 1.82) is 0 Å². The van der Waals surface area contributed by atoms with Gasteiger partial charge in [-0.05, 0) is 20.3 Å². The van der Waals surface area contributed by atoms with Gasteiger partial charge in [0.15, 0.2) is 0 Å². The maximum atomic E-state index is 11.6. The van der Waals surface area contributed by atoms with Crippen molar-refractivity contribution in [2.24, 2.45) is 5.73 Å². The quantitative estimate of drug-likeness (QED) is 0.540. The molecule has 0 saturated carbocycles. The van der Waals surface area contributed by atoms with Crippen molar-refractivity contribution in [3.63, 3.8) is 0 Å². The van der Waals surface area contributed by atoms with Crippen LogP contribution in [0.1, 0.15) is 20.3 Å². The first-order chi connectivity index (χ1) is 7.61. The van der Waals surface area contributed by atoms with Crippen molar-refractivity contribution in [2.45, 2.75) is 26.3 Å². The van der Waals surface area contributed by atoms with E-state index in [0.717, 1.165) is 13.0 Å². The first-order valence-corrected chi connectivity index (χ1v) is 5.81. The number of nitrogens with zero attached hydrogens (tertiary/aromatic N) is 1. The lowest BCUT2D eigenvalue weighted by atomic mass is 10.3. The van der Waals surface area contributed by atoms with Gasteiger partial charge in [0.25, 0.3) is 0 Å². The fraction of sp³-hybridized carbons (Fsp3) is 0.909. The van der Waals surface area contributed by atoms with Gasteiger partial charge < -0.3 is 15.8 Å². The first kappa shape index (κ1) is 15.3. The van der Waals surface area contributed by atoms with E-state index in [0.29, 0.717) is 32.3 Å². The van der Waals surface area contributed by atoms with E-state index < -0.39 is 0 Å². The average Bonchev–Trinajstić information content (AvgIpc) is 2.23. The smallest absolute Gasteiger partial charge is 0.234 e. The summed E-state index contributed by atoms with van der Waals surface area (Å²) in [5, 5.41) is 2.86. The van der Waals surface area contributed by atoms with Gasteiger partial charge in [-0.1, -0.05) is 0 Å². The van der Waals surface area contributed by atoms with Crippen molar-refractivity contribution in [1.82, 2.24) is 10.2 Å². The summed E-state index contributed by atoms with van der Waals surface area (Å²) in [5.74, 6) is 0.0539. The largest absolute Gasteiger partial charge is 0.385 e. The van der Waals surface area contributed by atoms with Gasteiger partial charge in [-0.2, -0.15) is 0 Å². The molecule has 0 saturated heterocycles. The Bertz CT molecular complexity index is 186. The van der Waals surface area contributed by atoms with Crippen LogP contribution in [-0.2, 0) is 9.53 Å². The monoisotopic (exact) mass is 231 g/mol. The highest BCUT2D eigenvalue weighted by atomic mass is 16.5. The number of amides is 1. The molecule has 0 radical (unpaired) electrons. The second-order valence-corrected chi connectivity index (χ2v) is 4.05. The van der Waals surface area contributed by atoms with Crippen LogP contribution in [-0.4, -0.2) is 56.7 Å². The maximum Gasteiger partial charge on any atom is 0.234 e. The van der Waals surface area contributed by atoms with E-state index in [1.54, 1.807) is 7.11 Å². The number of carbonyl (C=O) groups is 1. The maximum absolute atomic E-state index is 11.6. The van der Waals surface area contributed by atoms with E-state index in [4.69, 9.17) is 10.5 Å².